The number of benzene rings is 2. The first-order valence-corrected chi connectivity index (χ1v) is 8.09. The molecule has 0 radical (unpaired) electrons. The molecule has 3 rings (SSSR count). The second kappa shape index (κ2) is 6.11. The highest BCUT2D eigenvalue weighted by Crippen LogP contribution is 2.19. The Morgan fingerprint density at radius 3 is 2.57 bits per heavy atom. The quantitative estimate of drug-likeness (QED) is 0.532. The molecular formula is C16H14IN3S. The summed E-state index contributed by atoms with van der Waals surface area (Å²) in [5, 5.41) is 0. The third-order valence-corrected chi connectivity index (χ3v) is 4.18. The first-order valence-electron chi connectivity index (χ1n) is 6.60. The zero-order chi connectivity index (χ0) is 14.8. The summed E-state index contributed by atoms with van der Waals surface area (Å²) in [6.45, 7) is 0.773. The largest absolute Gasteiger partial charge is 0.393 e. The van der Waals surface area contributed by atoms with Crippen LogP contribution in [0.25, 0.3) is 11.0 Å². The van der Waals surface area contributed by atoms with Gasteiger partial charge in [0.1, 0.15) is 5.82 Å². The predicted octanol–water partition coefficient (Wildman–Crippen LogP) is 3.52. The van der Waals surface area contributed by atoms with E-state index in [0.29, 0.717) is 11.4 Å². The van der Waals surface area contributed by atoms with Gasteiger partial charge < -0.3 is 10.3 Å². The van der Waals surface area contributed by atoms with Crippen molar-refractivity contribution < 1.29 is 0 Å². The van der Waals surface area contributed by atoms with Gasteiger partial charge in [-0.15, -0.1) is 0 Å². The monoisotopic (exact) mass is 407 g/mol. The van der Waals surface area contributed by atoms with E-state index in [-0.39, 0.29) is 0 Å². The zero-order valence-corrected chi connectivity index (χ0v) is 14.3. The number of para-hydroxylation sites is 2. The summed E-state index contributed by atoms with van der Waals surface area (Å²) in [5.74, 6) is 0.919. The van der Waals surface area contributed by atoms with Gasteiger partial charge in [-0.05, 0) is 52.4 Å². The summed E-state index contributed by atoms with van der Waals surface area (Å²) < 4.78 is 3.42. The normalized spacial score (nSPS) is 10.9. The SMILES string of the molecule is NC(=S)Cc1nc2ccccc2n1Cc1ccc(I)cc1. The molecule has 0 unspecified atom stereocenters. The molecule has 1 heterocycles. The van der Waals surface area contributed by atoms with Crippen molar-refractivity contribution in [3.8, 4) is 0 Å². The minimum atomic E-state index is 0.467. The topological polar surface area (TPSA) is 43.8 Å². The second-order valence-electron chi connectivity index (χ2n) is 4.87. The first kappa shape index (κ1) is 14.5. The molecule has 1 aromatic heterocycles. The van der Waals surface area contributed by atoms with Crippen molar-refractivity contribution in [3.63, 3.8) is 0 Å². The first-order chi connectivity index (χ1) is 10.1. The predicted molar refractivity (Wildman–Crippen MR) is 98.5 cm³/mol. The summed E-state index contributed by atoms with van der Waals surface area (Å²) in [5.41, 5.74) is 9.04. The minimum Gasteiger partial charge on any atom is -0.393 e. The number of nitrogens with zero attached hydrogens (tertiary/aromatic N) is 2. The Morgan fingerprint density at radius 2 is 1.86 bits per heavy atom. The maximum atomic E-state index is 5.71. The Labute approximate surface area is 142 Å². The van der Waals surface area contributed by atoms with E-state index in [9.17, 15) is 0 Å². The van der Waals surface area contributed by atoms with Crippen LogP contribution in [0.4, 0.5) is 0 Å². The molecule has 0 bridgehead atoms. The van der Waals surface area contributed by atoms with Gasteiger partial charge in [0.2, 0.25) is 0 Å². The Bertz CT molecular complexity index is 793. The van der Waals surface area contributed by atoms with Crippen LogP contribution in [0, 0.1) is 3.57 Å². The molecule has 3 aromatic rings. The van der Waals surface area contributed by atoms with Crippen molar-refractivity contribution in [2.24, 2.45) is 5.73 Å². The lowest BCUT2D eigenvalue weighted by Crippen LogP contribution is -2.15. The molecule has 0 spiro atoms. The standard InChI is InChI=1S/C16H14IN3S/c17-12-7-5-11(6-8-12)10-20-14-4-2-1-3-13(14)19-16(20)9-15(18)21/h1-8H,9-10H2,(H2,18,21). The van der Waals surface area contributed by atoms with Crippen LogP contribution in [0.3, 0.4) is 0 Å². The Kier molecular flexibility index (Phi) is 4.21. The highest BCUT2D eigenvalue weighted by Gasteiger charge is 2.11. The van der Waals surface area contributed by atoms with Crippen LogP contribution in [0.5, 0.6) is 0 Å². The highest BCUT2D eigenvalue weighted by molar-refractivity contribution is 14.1. The summed E-state index contributed by atoms with van der Waals surface area (Å²) in [6, 6.07) is 16.6. The minimum absolute atomic E-state index is 0.467. The van der Waals surface area contributed by atoms with Gasteiger partial charge in [-0.1, -0.05) is 36.5 Å². The van der Waals surface area contributed by atoms with E-state index >= 15 is 0 Å². The number of thiocarbonyl (C=S) groups is 1. The van der Waals surface area contributed by atoms with Gasteiger partial charge >= 0.3 is 0 Å². The van der Waals surface area contributed by atoms with Crippen molar-refractivity contribution in [2.75, 3.05) is 0 Å². The van der Waals surface area contributed by atoms with Gasteiger partial charge in [-0.2, -0.15) is 0 Å². The lowest BCUT2D eigenvalue weighted by molar-refractivity contribution is 0.774. The molecule has 0 atom stereocenters. The van der Waals surface area contributed by atoms with E-state index in [1.54, 1.807) is 0 Å². The average molecular weight is 407 g/mol. The van der Waals surface area contributed by atoms with Crippen LogP contribution < -0.4 is 5.73 Å². The van der Waals surface area contributed by atoms with Crippen molar-refractivity contribution >= 4 is 50.8 Å². The van der Waals surface area contributed by atoms with Gasteiger partial charge in [-0.25, -0.2) is 4.98 Å². The fourth-order valence-corrected chi connectivity index (χ4v) is 2.85. The van der Waals surface area contributed by atoms with Crippen LogP contribution in [0.1, 0.15) is 11.4 Å². The number of halogens is 1. The van der Waals surface area contributed by atoms with E-state index < -0.39 is 0 Å². The third kappa shape index (κ3) is 3.24. The maximum Gasteiger partial charge on any atom is 0.116 e. The maximum absolute atomic E-state index is 5.71. The summed E-state index contributed by atoms with van der Waals surface area (Å²) in [6.07, 6.45) is 0.522. The average Bonchev–Trinajstić information content (AvgIpc) is 2.78. The molecule has 0 aliphatic heterocycles. The summed E-state index contributed by atoms with van der Waals surface area (Å²) >= 11 is 7.36. The second-order valence-corrected chi connectivity index (χ2v) is 6.64. The zero-order valence-electron chi connectivity index (χ0n) is 11.3. The number of rotatable bonds is 4. The number of nitrogens with two attached hydrogens (primary N) is 1. The van der Waals surface area contributed by atoms with Crippen molar-refractivity contribution in [2.45, 2.75) is 13.0 Å². The number of hydrogen-bond acceptors (Lipinski definition) is 2. The van der Waals surface area contributed by atoms with Crippen LogP contribution in [0.2, 0.25) is 0 Å². The van der Waals surface area contributed by atoms with Gasteiger partial charge in [0.05, 0.1) is 22.4 Å². The van der Waals surface area contributed by atoms with Crippen LogP contribution in [-0.2, 0) is 13.0 Å². The third-order valence-electron chi connectivity index (χ3n) is 3.32. The number of hydrogen-bond donors (Lipinski definition) is 1. The molecule has 0 saturated heterocycles. The Balaban J connectivity index is 2.05. The molecule has 0 saturated carbocycles. The number of imidazole rings is 1. The van der Waals surface area contributed by atoms with E-state index in [0.717, 1.165) is 23.4 Å². The van der Waals surface area contributed by atoms with E-state index in [4.69, 9.17) is 18.0 Å². The lowest BCUT2D eigenvalue weighted by atomic mass is 10.2. The summed E-state index contributed by atoms with van der Waals surface area (Å²) in [7, 11) is 0. The highest BCUT2D eigenvalue weighted by atomic mass is 127. The molecule has 0 amide bonds. The van der Waals surface area contributed by atoms with Crippen LogP contribution >= 0.6 is 34.8 Å². The molecule has 21 heavy (non-hydrogen) atoms. The van der Waals surface area contributed by atoms with Gasteiger partial charge in [0.25, 0.3) is 0 Å². The molecular weight excluding hydrogens is 393 g/mol. The van der Waals surface area contributed by atoms with Gasteiger partial charge in [0, 0.05) is 10.1 Å². The Hall–Kier alpha value is -1.47. The van der Waals surface area contributed by atoms with Gasteiger partial charge in [-0.3, -0.25) is 0 Å². The molecule has 3 nitrogen and oxygen atoms in total. The van der Waals surface area contributed by atoms with Crippen molar-refractivity contribution in [1.29, 1.82) is 0 Å². The fourth-order valence-electron chi connectivity index (χ4n) is 2.37. The molecule has 5 heteroatoms. The van der Waals surface area contributed by atoms with E-state index in [1.165, 1.54) is 9.13 Å². The van der Waals surface area contributed by atoms with Crippen molar-refractivity contribution in [3.05, 3.63) is 63.5 Å². The summed E-state index contributed by atoms with van der Waals surface area (Å²) in [4.78, 5) is 5.13. The van der Waals surface area contributed by atoms with E-state index in [2.05, 4.69) is 62.5 Å². The smallest absolute Gasteiger partial charge is 0.116 e. The molecule has 0 aliphatic rings. The molecule has 0 aliphatic carbocycles. The molecule has 0 fully saturated rings. The number of fused-ring (bicyclic) bond motifs is 1. The number of aromatic nitrogens is 2. The Morgan fingerprint density at radius 1 is 1.14 bits per heavy atom. The molecule has 2 N–H and O–H groups in total. The lowest BCUT2D eigenvalue weighted by Gasteiger charge is -2.09. The van der Waals surface area contributed by atoms with Gasteiger partial charge in [0.15, 0.2) is 0 Å². The van der Waals surface area contributed by atoms with Crippen molar-refractivity contribution in [1.82, 2.24) is 9.55 Å². The molecule has 2 aromatic carbocycles. The van der Waals surface area contributed by atoms with Crippen LogP contribution in [-0.4, -0.2) is 14.5 Å². The fraction of sp³-hybridized carbons (Fsp3) is 0.125. The van der Waals surface area contributed by atoms with E-state index in [1.807, 2.05) is 18.2 Å². The molecule has 106 valence electrons. The van der Waals surface area contributed by atoms with Crippen LogP contribution in [0.15, 0.2) is 48.5 Å².